The van der Waals surface area contributed by atoms with Gasteiger partial charge in [-0.05, 0) is 42.1 Å². The molecule has 5 heteroatoms. The molecule has 1 aliphatic heterocycles. The van der Waals surface area contributed by atoms with Gasteiger partial charge in [-0.3, -0.25) is 0 Å². The van der Waals surface area contributed by atoms with Gasteiger partial charge in [-0.1, -0.05) is 87.4 Å². The Labute approximate surface area is 206 Å². The molecule has 0 spiro atoms. The third-order valence-corrected chi connectivity index (χ3v) is 11.2. The Kier molecular flexibility index (Phi) is 9.14. The molecule has 1 aliphatic rings. The molecule has 0 aromatic heterocycles. The Morgan fingerprint density at radius 1 is 0.971 bits per heavy atom. The molecule has 1 fully saturated rings. The molecule has 0 aliphatic carbocycles. The van der Waals surface area contributed by atoms with Crippen LogP contribution < -0.4 is 10.4 Å². The number of rotatable bonds is 8. The maximum atomic E-state index is 8.96. The number of hydrogen-bond acceptors (Lipinski definition) is 4. The molecule has 34 heavy (non-hydrogen) atoms. The van der Waals surface area contributed by atoms with Gasteiger partial charge in [-0.25, -0.2) is 0 Å². The standard InChI is InChI=1S/C29H40O4Si/c1-28(2,3)34(26-17-11-8-12-18-26,27-19-13-9-14-20-27)31-23-25-22-24(32-29(4,5)33-25)16-10-6-7-15-21-30/h8-9,11-14,17-20,24-25,30H,6-7,15,21-23H2,1-5H3/t24-,25-/m0/s1. The second-order valence-electron chi connectivity index (χ2n) is 10.5. The van der Waals surface area contributed by atoms with E-state index in [2.05, 4.69) is 93.3 Å². The first kappa shape index (κ1) is 26.7. The van der Waals surface area contributed by atoms with Crippen molar-refractivity contribution in [1.82, 2.24) is 0 Å². The summed E-state index contributed by atoms with van der Waals surface area (Å²) in [7, 11) is -2.62. The highest BCUT2D eigenvalue weighted by Crippen LogP contribution is 2.37. The Hall–Kier alpha value is -1.94. The lowest BCUT2D eigenvalue weighted by Crippen LogP contribution is -2.67. The van der Waals surface area contributed by atoms with E-state index < -0.39 is 14.1 Å². The molecule has 2 atom stereocenters. The molecular formula is C29H40O4Si. The number of hydrogen-bond donors (Lipinski definition) is 1. The van der Waals surface area contributed by atoms with Crippen LogP contribution in [0.1, 0.15) is 60.3 Å². The van der Waals surface area contributed by atoms with Crippen LogP contribution in [0.5, 0.6) is 0 Å². The lowest BCUT2D eigenvalue weighted by atomic mass is 10.1. The summed E-state index contributed by atoms with van der Waals surface area (Å²) in [6.45, 7) is 11.5. The van der Waals surface area contributed by atoms with Gasteiger partial charge in [-0.15, -0.1) is 5.92 Å². The summed E-state index contributed by atoms with van der Waals surface area (Å²) in [4.78, 5) is 0. The summed E-state index contributed by atoms with van der Waals surface area (Å²) in [5.41, 5.74) is 0. The van der Waals surface area contributed by atoms with E-state index >= 15 is 0 Å². The van der Waals surface area contributed by atoms with Crippen molar-refractivity contribution in [2.45, 2.75) is 83.3 Å². The van der Waals surface area contributed by atoms with Gasteiger partial charge in [0.2, 0.25) is 0 Å². The van der Waals surface area contributed by atoms with Gasteiger partial charge < -0.3 is 19.0 Å². The molecule has 0 unspecified atom stereocenters. The van der Waals surface area contributed by atoms with Crippen LogP contribution in [0.2, 0.25) is 5.04 Å². The van der Waals surface area contributed by atoms with Crippen LogP contribution in [-0.4, -0.2) is 44.6 Å². The van der Waals surface area contributed by atoms with E-state index in [4.69, 9.17) is 19.0 Å². The summed E-state index contributed by atoms with van der Waals surface area (Å²) in [5.74, 6) is 5.78. The van der Waals surface area contributed by atoms with Gasteiger partial charge in [0.15, 0.2) is 5.79 Å². The number of ether oxygens (including phenoxy) is 2. The van der Waals surface area contributed by atoms with Crippen LogP contribution in [0.15, 0.2) is 60.7 Å². The number of aliphatic hydroxyl groups excluding tert-OH is 1. The van der Waals surface area contributed by atoms with E-state index in [1.165, 1.54) is 10.4 Å². The Morgan fingerprint density at radius 3 is 2.09 bits per heavy atom. The second kappa shape index (κ2) is 11.7. The monoisotopic (exact) mass is 480 g/mol. The van der Waals surface area contributed by atoms with Crippen molar-refractivity contribution in [3.05, 3.63) is 60.7 Å². The summed E-state index contributed by atoms with van der Waals surface area (Å²) in [6.07, 6.45) is 2.83. The van der Waals surface area contributed by atoms with Crippen molar-refractivity contribution >= 4 is 18.7 Å². The average Bonchev–Trinajstić information content (AvgIpc) is 2.79. The second-order valence-corrected chi connectivity index (χ2v) is 14.8. The first-order valence-electron chi connectivity index (χ1n) is 12.4. The largest absolute Gasteiger partial charge is 0.405 e. The highest BCUT2D eigenvalue weighted by molar-refractivity contribution is 6.99. The molecule has 2 aromatic carbocycles. The summed E-state index contributed by atoms with van der Waals surface area (Å²) >= 11 is 0. The fraction of sp³-hybridized carbons (Fsp3) is 0.517. The molecule has 0 saturated carbocycles. The van der Waals surface area contributed by atoms with Gasteiger partial charge in [0.1, 0.15) is 6.10 Å². The summed E-state index contributed by atoms with van der Waals surface area (Å²) < 4.78 is 19.5. The maximum Gasteiger partial charge on any atom is 0.261 e. The Balaban J connectivity index is 1.86. The zero-order valence-corrected chi connectivity index (χ0v) is 22.3. The molecular weight excluding hydrogens is 440 g/mol. The van der Waals surface area contributed by atoms with Crippen molar-refractivity contribution in [2.24, 2.45) is 0 Å². The zero-order valence-electron chi connectivity index (χ0n) is 21.3. The van der Waals surface area contributed by atoms with Crippen molar-refractivity contribution in [3.8, 4) is 11.8 Å². The molecule has 184 valence electrons. The minimum Gasteiger partial charge on any atom is -0.405 e. The van der Waals surface area contributed by atoms with Gasteiger partial charge in [0, 0.05) is 19.4 Å². The molecule has 0 bridgehead atoms. The highest BCUT2D eigenvalue weighted by atomic mass is 28.4. The molecule has 3 rings (SSSR count). The van der Waals surface area contributed by atoms with Gasteiger partial charge >= 0.3 is 0 Å². The van der Waals surface area contributed by atoms with Crippen molar-refractivity contribution in [3.63, 3.8) is 0 Å². The van der Waals surface area contributed by atoms with E-state index in [0.29, 0.717) is 13.0 Å². The number of unbranched alkanes of at least 4 members (excludes halogenated alkanes) is 2. The first-order chi connectivity index (χ1) is 16.2. The van der Waals surface area contributed by atoms with Crippen LogP contribution in [0.25, 0.3) is 0 Å². The lowest BCUT2D eigenvalue weighted by Gasteiger charge is -2.45. The third-order valence-electron chi connectivity index (χ3n) is 6.23. The van der Waals surface area contributed by atoms with Crippen molar-refractivity contribution < 1.29 is 19.0 Å². The van der Waals surface area contributed by atoms with Crippen molar-refractivity contribution in [2.75, 3.05) is 13.2 Å². The molecule has 0 radical (unpaired) electrons. The highest BCUT2D eigenvalue weighted by Gasteiger charge is 2.51. The predicted octanol–water partition coefficient (Wildman–Crippen LogP) is 4.64. The number of benzene rings is 2. The van der Waals surface area contributed by atoms with Crippen LogP contribution in [0, 0.1) is 11.8 Å². The van der Waals surface area contributed by atoms with Crippen molar-refractivity contribution in [1.29, 1.82) is 0 Å². The lowest BCUT2D eigenvalue weighted by molar-refractivity contribution is -0.292. The van der Waals surface area contributed by atoms with Crippen LogP contribution >= 0.6 is 0 Å². The Bertz CT molecular complexity index is 901. The van der Waals surface area contributed by atoms with Gasteiger partial charge in [0.25, 0.3) is 8.32 Å². The molecule has 1 N–H and O–H groups in total. The summed E-state index contributed by atoms with van der Waals surface area (Å²) in [5, 5.41) is 11.4. The molecule has 2 aromatic rings. The van der Waals surface area contributed by atoms with Crippen LogP contribution in [0.4, 0.5) is 0 Å². The third kappa shape index (κ3) is 6.59. The Morgan fingerprint density at radius 2 is 1.56 bits per heavy atom. The normalized spacial score (nSPS) is 20.4. The average molecular weight is 481 g/mol. The SMILES string of the molecule is CC1(C)O[C@H](CO[Si](c2ccccc2)(c2ccccc2)C(C)(C)C)C[C@H](C#CCCCCO)O1. The molecule has 4 nitrogen and oxygen atoms in total. The van der Waals surface area contributed by atoms with E-state index in [1.807, 2.05) is 13.8 Å². The number of aliphatic hydroxyl groups is 1. The smallest absolute Gasteiger partial charge is 0.261 e. The van der Waals surface area contributed by atoms with Gasteiger partial charge in [0.05, 0.1) is 12.7 Å². The molecule has 1 saturated heterocycles. The van der Waals surface area contributed by atoms with Gasteiger partial charge in [-0.2, -0.15) is 0 Å². The van der Waals surface area contributed by atoms with E-state index in [-0.39, 0.29) is 23.9 Å². The van der Waals surface area contributed by atoms with Crippen LogP contribution in [-0.2, 0) is 13.9 Å². The summed E-state index contributed by atoms with van der Waals surface area (Å²) in [6, 6.07) is 21.4. The quantitative estimate of drug-likeness (QED) is 0.340. The predicted molar refractivity (Wildman–Crippen MR) is 141 cm³/mol. The zero-order chi connectivity index (χ0) is 24.7. The molecule has 1 heterocycles. The fourth-order valence-electron chi connectivity index (χ4n) is 4.79. The first-order valence-corrected chi connectivity index (χ1v) is 14.3. The minimum absolute atomic E-state index is 0.0810. The maximum absolute atomic E-state index is 8.96. The minimum atomic E-state index is -2.62. The van der Waals surface area contributed by atoms with E-state index in [9.17, 15) is 0 Å². The van der Waals surface area contributed by atoms with E-state index in [0.717, 1.165) is 19.3 Å². The van der Waals surface area contributed by atoms with Crippen LogP contribution in [0.3, 0.4) is 0 Å². The topological polar surface area (TPSA) is 47.9 Å². The fourth-order valence-corrected chi connectivity index (χ4v) is 9.38. The molecule has 0 amide bonds. The van der Waals surface area contributed by atoms with E-state index in [1.54, 1.807) is 0 Å².